The first kappa shape index (κ1) is 22.8. The molecule has 3 aromatic carbocycles. The molecule has 172 valence electrons. The van der Waals surface area contributed by atoms with Crippen molar-refractivity contribution in [3.05, 3.63) is 72.3 Å². The molecule has 0 aromatic heterocycles. The van der Waals surface area contributed by atoms with Gasteiger partial charge in [-0.3, -0.25) is 4.79 Å². The van der Waals surface area contributed by atoms with E-state index >= 15 is 0 Å². The van der Waals surface area contributed by atoms with Gasteiger partial charge in [0.1, 0.15) is 0 Å². The first-order valence-electron chi connectivity index (χ1n) is 10.5. The number of amides is 1. The van der Waals surface area contributed by atoms with Gasteiger partial charge in [0.15, 0.2) is 11.5 Å². The molecule has 33 heavy (non-hydrogen) atoms. The Morgan fingerprint density at radius 3 is 2.09 bits per heavy atom. The summed E-state index contributed by atoms with van der Waals surface area (Å²) in [5, 5.41) is 19.5. The molecule has 7 nitrogen and oxygen atoms in total. The second-order valence-electron chi connectivity index (χ2n) is 8.52. The fourth-order valence-electron chi connectivity index (χ4n) is 3.95. The molecule has 1 aliphatic rings. The van der Waals surface area contributed by atoms with Gasteiger partial charge in [0.2, 0.25) is 15.9 Å². The summed E-state index contributed by atoms with van der Waals surface area (Å²) in [7, 11) is 1.12. The molecule has 1 saturated carbocycles. The quantitative estimate of drug-likeness (QED) is 0.540. The number of hydrogen-bond acceptors (Lipinski definition) is 5. The van der Waals surface area contributed by atoms with Crippen LogP contribution in [0.2, 0.25) is 0 Å². The second kappa shape index (κ2) is 8.20. The Morgan fingerprint density at radius 1 is 0.848 bits per heavy atom. The number of phenolic OH excluding ortho intramolecular Hbond substituents is 2. The number of likely N-dealkylation sites (N-methyl/N-ethyl adjacent to an activating group) is 1. The molecule has 8 heteroatoms. The molecule has 0 heterocycles. The number of hydrogen-bond donors (Lipinski definition) is 2. The minimum Gasteiger partial charge on any atom is -0.504 e. The molecule has 1 aliphatic carbocycles. The Bertz CT molecular complexity index is 1330. The molecular weight excluding hydrogens is 440 g/mol. The standard InChI is InChI=1S/C25H26N2O5S/c1-26(2)33(31,32)21-9-5-7-18(15-21)17-6-4-8-20(14-17)27(3)24(30)25(12-13-25)19-10-11-22(28)23(29)16-19/h4-11,14-16,28-29H,12-13H2,1-3H3. The third-order valence-corrected chi connectivity index (χ3v) is 7.98. The largest absolute Gasteiger partial charge is 0.504 e. The van der Waals surface area contributed by atoms with E-state index in [4.69, 9.17) is 0 Å². The Hall–Kier alpha value is -3.36. The molecule has 2 N–H and O–H groups in total. The number of nitrogens with zero attached hydrogens (tertiary/aromatic N) is 2. The van der Waals surface area contributed by atoms with Gasteiger partial charge in [-0.2, -0.15) is 0 Å². The zero-order valence-corrected chi connectivity index (χ0v) is 19.5. The van der Waals surface area contributed by atoms with Gasteiger partial charge in [0, 0.05) is 26.8 Å². The Kier molecular flexibility index (Phi) is 5.67. The lowest BCUT2D eigenvalue weighted by Gasteiger charge is -2.25. The summed E-state index contributed by atoms with van der Waals surface area (Å²) in [5.41, 5.74) is 2.13. The summed E-state index contributed by atoms with van der Waals surface area (Å²) >= 11 is 0. The average Bonchev–Trinajstić information content (AvgIpc) is 3.62. The van der Waals surface area contributed by atoms with Crippen LogP contribution < -0.4 is 4.90 Å². The van der Waals surface area contributed by atoms with Crippen LogP contribution in [-0.2, 0) is 20.2 Å². The molecule has 1 fully saturated rings. The van der Waals surface area contributed by atoms with E-state index in [0.717, 1.165) is 11.1 Å². The van der Waals surface area contributed by atoms with Gasteiger partial charge in [-0.15, -0.1) is 0 Å². The fraction of sp³-hybridized carbons (Fsp3) is 0.240. The van der Waals surface area contributed by atoms with Crippen LogP contribution in [0.1, 0.15) is 18.4 Å². The van der Waals surface area contributed by atoms with E-state index in [0.29, 0.717) is 24.1 Å². The van der Waals surface area contributed by atoms with E-state index in [-0.39, 0.29) is 22.3 Å². The maximum atomic E-state index is 13.4. The van der Waals surface area contributed by atoms with Crippen molar-refractivity contribution in [1.82, 2.24) is 4.31 Å². The molecule has 0 atom stereocenters. The van der Waals surface area contributed by atoms with E-state index in [1.54, 1.807) is 36.2 Å². The van der Waals surface area contributed by atoms with Crippen LogP contribution >= 0.6 is 0 Å². The van der Waals surface area contributed by atoms with Gasteiger partial charge in [-0.05, 0) is 65.9 Å². The van der Waals surface area contributed by atoms with Crippen LogP contribution in [0.5, 0.6) is 11.5 Å². The Morgan fingerprint density at radius 2 is 1.48 bits per heavy atom. The topological polar surface area (TPSA) is 98.1 Å². The number of phenols is 2. The zero-order valence-electron chi connectivity index (χ0n) is 18.7. The number of carbonyl (C=O) groups is 1. The summed E-state index contributed by atoms with van der Waals surface area (Å²) in [4.78, 5) is 15.2. The highest BCUT2D eigenvalue weighted by Gasteiger charge is 2.53. The minimum absolute atomic E-state index is 0.103. The Balaban J connectivity index is 1.65. The first-order valence-corrected chi connectivity index (χ1v) is 11.9. The van der Waals surface area contributed by atoms with E-state index in [1.165, 1.54) is 30.5 Å². The third-order valence-electron chi connectivity index (χ3n) is 6.17. The van der Waals surface area contributed by atoms with Gasteiger partial charge in [-0.25, -0.2) is 12.7 Å². The molecule has 3 aromatic rings. The van der Waals surface area contributed by atoms with Crippen molar-refractivity contribution in [2.75, 3.05) is 26.0 Å². The molecule has 0 spiro atoms. The summed E-state index contributed by atoms with van der Waals surface area (Å²) in [5.74, 6) is -0.570. The van der Waals surface area contributed by atoms with Crippen LogP contribution in [0.15, 0.2) is 71.6 Å². The van der Waals surface area contributed by atoms with Crippen molar-refractivity contribution < 1.29 is 23.4 Å². The van der Waals surface area contributed by atoms with E-state index in [2.05, 4.69) is 0 Å². The van der Waals surface area contributed by atoms with Crippen LogP contribution in [-0.4, -0.2) is 50.0 Å². The lowest BCUT2D eigenvalue weighted by molar-refractivity contribution is -0.120. The van der Waals surface area contributed by atoms with E-state index in [1.807, 2.05) is 30.3 Å². The van der Waals surface area contributed by atoms with Gasteiger partial charge in [0.05, 0.1) is 10.3 Å². The van der Waals surface area contributed by atoms with Crippen molar-refractivity contribution in [3.8, 4) is 22.6 Å². The van der Waals surface area contributed by atoms with Gasteiger partial charge < -0.3 is 15.1 Å². The van der Waals surface area contributed by atoms with Crippen molar-refractivity contribution >= 4 is 21.6 Å². The van der Waals surface area contributed by atoms with E-state index in [9.17, 15) is 23.4 Å². The predicted octanol–water partition coefficient (Wildman–Crippen LogP) is 3.71. The van der Waals surface area contributed by atoms with Gasteiger partial charge >= 0.3 is 0 Å². The lowest BCUT2D eigenvalue weighted by Crippen LogP contribution is -2.36. The highest BCUT2D eigenvalue weighted by Crippen LogP contribution is 2.51. The average molecular weight is 467 g/mol. The number of carbonyl (C=O) groups excluding carboxylic acids is 1. The molecule has 4 rings (SSSR count). The first-order chi connectivity index (χ1) is 15.6. The summed E-state index contributed by atoms with van der Waals surface area (Å²) in [6.07, 6.45) is 1.31. The van der Waals surface area contributed by atoms with E-state index < -0.39 is 15.4 Å². The minimum atomic E-state index is -3.57. The molecule has 1 amide bonds. The van der Waals surface area contributed by atoms with Crippen molar-refractivity contribution in [3.63, 3.8) is 0 Å². The summed E-state index contributed by atoms with van der Waals surface area (Å²) in [6.45, 7) is 0. The summed E-state index contributed by atoms with van der Waals surface area (Å²) in [6, 6.07) is 18.6. The third kappa shape index (κ3) is 4.07. The van der Waals surface area contributed by atoms with Crippen molar-refractivity contribution in [2.45, 2.75) is 23.2 Å². The maximum absolute atomic E-state index is 13.4. The molecule has 0 bridgehead atoms. The highest BCUT2D eigenvalue weighted by atomic mass is 32.2. The SMILES string of the molecule is CN(C(=O)C1(c2ccc(O)c(O)c2)CC1)c1cccc(-c2cccc(S(=O)(=O)N(C)C)c2)c1. The number of benzene rings is 3. The molecule has 0 aliphatic heterocycles. The zero-order chi connectivity index (χ0) is 24.0. The van der Waals surface area contributed by atoms with Crippen LogP contribution in [0.4, 0.5) is 5.69 Å². The number of sulfonamides is 1. The number of anilines is 1. The van der Waals surface area contributed by atoms with Crippen LogP contribution in [0.3, 0.4) is 0 Å². The van der Waals surface area contributed by atoms with Crippen molar-refractivity contribution in [1.29, 1.82) is 0 Å². The van der Waals surface area contributed by atoms with Gasteiger partial charge in [0.25, 0.3) is 0 Å². The van der Waals surface area contributed by atoms with Crippen LogP contribution in [0, 0.1) is 0 Å². The van der Waals surface area contributed by atoms with Crippen LogP contribution in [0.25, 0.3) is 11.1 Å². The smallest absolute Gasteiger partial charge is 0.242 e. The number of aromatic hydroxyl groups is 2. The predicted molar refractivity (Wildman–Crippen MR) is 127 cm³/mol. The monoisotopic (exact) mass is 466 g/mol. The molecular formula is C25H26N2O5S. The molecule has 0 unspecified atom stereocenters. The normalized spacial score (nSPS) is 14.8. The van der Waals surface area contributed by atoms with Gasteiger partial charge in [-0.1, -0.05) is 30.3 Å². The Labute approximate surface area is 193 Å². The lowest BCUT2D eigenvalue weighted by atomic mass is 9.93. The second-order valence-corrected chi connectivity index (χ2v) is 10.7. The molecule has 0 radical (unpaired) electrons. The van der Waals surface area contributed by atoms with Crippen molar-refractivity contribution in [2.24, 2.45) is 0 Å². The molecule has 0 saturated heterocycles. The number of rotatable bonds is 6. The highest BCUT2D eigenvalue weighted by molar-refractivity contribution is 7.89. The fourth-order valence-corrected chi connectivity index (χ4v) is 4.90. The maximum Gasteiger partial charge on any atom is 0.242 e. The summed E-state index contributed by atoms with van der Waals surface area (Å²) < 4.78 is 26.2.